The SMILES string of the molecule is C=C(CC(C)(C)CCCCO)C(=O)O. The highest BCUT2D eigenvalue weighted by atomic mass is 16.4. The zero-order chi connectivity index (χ0) is 11.2. The molecule has 2 N–H and O–H groups in total. The quantitative estimate of drug-likeness (QED) is 0.489. The van der Waals surface area contributed by atoms with Crippen LogP contribution in [0.1, 0.15) is 39.5 Å². The fourth-order valence-corrected chi connectivity index (χ4v) is 1.46. The van der Waals surface area contributed by atoms with Crippen molar-refractivity contribution >= 4 is 5.97 Å². The van der Waals surface area contributed by atoms with Crippen molar-refractivity contribution in [2.24, 2.45) is 5.41 Å². The van der Waals surface area contributed by atoms with Crippen LogP contribution >= 0.6 is 0 Å². The van der Waals surface area contributed by atoms with Crippen LogP contribution in [0.2, 0.25) is 0 Å². The predicted molar refractivity (Wildman–Crippen MR) is 56.1 cm³/mol. The number of rotatable bonds is 7. The van der Waals surface area contributed by atoms with Gasteiger partial charge in [0.2, 0.25) is 0 Å². The number of aliphatic hydroxyl groups excluding tert-OH is 1. The summed E-state index contributed by atoms with van der Waals surface area (Å²) in [5.41, 5.74) is 0.226. The van der Waals surface area contributed by atoms with Crippen LogP contribution in [0.4, 0.5) is 0 Å². The topological polar surface area (TPSA) is 57.5 Å². The van der Waals surface area contributed by atoms with Gasteiger partial charge in [-0.25, -0.2) is 4.79 Å². The molecule has 0 saturated carbocycles. The van der Waals surface area contributed by atoms with E-state index in [0.717, 1.165) is 19.3 Å². The molecule has 0 rings (SSSR count). The second kappa shape index (κ2) is 5.81. The van der Waals surface area contributed by atoms with Crippen LogP contribution in [0.25, 0.3) is 0 Å². The number of hydrogen-bond acceptors (Lipinski definition) is 2. The molecule has 3 heteroatoms. The van der Waals surface area contributed by atoms with Crippen LogP contribution in [0.3, 0.4) is 0 Å². The third-order valence-corrected chi connectivity index (χ3v) is 2.26. The van der Waals surface area contributed by atoms with Gasteiger partial charge in [-0.1, -0.05) is 26.8 Å². The lowest BCUT2D eigenvalue weighted by molar-refractivity contribution is -0.133. The summed E-state index contributed by atoms with van der Waals surface area (Å²) < 4.78 is 0. The lowest BCUT2D eigenvalue weighted by atomic mass is 9.81. The third-order valence-electron chi connectivity index (χ3n) is 2.26. The minimum atomic E-state index is -0.916. The number of aliphatic carboxylic acids is 1. The van der Waals surface area contributed by atoms with Crippen molar-refractivity contribution in [3.8, 4) is 0 Å². The fraction of sp³-hybridized carbons (Fsp3) is 0.727. The maximum absolute atomic E-state index is 10.6. The van der Waals surface area contributed by atoms with Gasteiger partial charge in [0.15, 0.2) is 0 Å². The van der Waals surface area contributed by atoms with E-state index >= 15 is 0 Å². The van der Waals surface area contributed by atoms with Gasteiger partial charge in [0.25, 0.3) is 0 Å². The van der Waals surface area contributed by atoms with Crippen molar-refractivity contribution < 1.29 is 15.0 Å². The Labute approximate surface area is 85.4 Å². The largest absolute Gasteiger partial charge is 0.478 e. The molecule has 0 spiro atoms. The predicted octanol–water partition coefficient (Wildman–Crippen LogP) is 2.21. The zero-order valence-electron chi connectivity index (χ0n) is 9.05. The van der Waals surface area contributed by atoms with E-state index in [4.69, 9.17) is 10.2 Å². The summed E-state index contributed by atoms with van der Waals surface area (Å²) in [4.78, 5) is 10.6. The van der Waals surface area contributed by atoms with Gasteiger partial charge in [0.05, 0.1) is 0 Å². The monoisotopic (exact) mass is 200 g/mol. The van der Waals surface area contributed by atoms with E-state index in [1.165, 1.54) is 0 Å². The minimum absolute atomic E-state index is 0.0371. The average Bonchev–Trinajstić information content (AvgIpc) is 2.03. The van der Waals surface area contributed by atoms with Gasteiger partial charge in [0.1, 0.15) is 0 Å². The summed E-state index contributed by atoms with van der Waals surface area (Å²) in [5.74, 6) is -0.916. The molecule has 0 amide bonds. The molecule has 0 bridgehead atoms. The van der Waals surface area contributed by atoms with Gasteiger partial charge in [-0.2, -0.15) is 0 Å². The third kappa shape index (κ3) is 5.75. The summed E-state index contributed by atoms with van der Waals surface area (Å²) in [7, 11) is 0. The average molecular weight is 200 g/mol. The van der Waals surface area contributed by atoms with E-state index in [0.29, 0.717) is 6.42 Å². The van der Waals surface area contributed by atoms with E-state index in [2.05, 4.69) is 6.58 Å². The Kier molecular flexibility index (Phi) is 5.46. The first-order chi connectivity index (χ1) is 6.39. The fourth-order valence-electron chi connectivity index (χ4n) is 1.46. The molecule has 82 valence electrons. The van der Waals surface area contributed by atoms with E-state index in [-0.39, 0.29) is 17.6 Å². The van der Waals surface area contributed by atoms with Gasteiger partial charge in [-0.05, 0) is 24.7 Å². The van der Waals surface area contributed by atoms with Crippen LogP contribution in [0, 0.1) is 5.41 Å². The van der Waals surface area contributed by atoms with Crippen LogP contribution in [-0.4, -0.2) is 22.8 Å². The first kappa shape index (κ1) is 13.2. The standard InChI is InChI=1S/C11H20O3/c1-9(10(13)14)8-11(2,3)6-4-5-7-12/h12H,1,4-8H2,2-3H3,(H,13,14). The van der Waals surface area contributed by atoms with Gasteiger partial charge in [-0.3, -0.25) is 0 Å². The highest BCUT2D eigenvalue weighted by Crippen LogP contribution is 2.30. The van der Waals surface area contributed by atoms with E-state index in [9.17, 15) is 4.79 Å². The molecule has 0 radical (unpaired) electrons. The lowest BCUT2D eigenvalue weighted by Crippen LogP contribution is -2.15. The van der Waals surface area contributed by atoms with Crippen molar-refractivity contribution in [3.63, 3.8) is 0 Å². The molecule has 0 fully saturated rings. The molecule has 0 aromatic carbocycles. The smallest absolute Gasteiger partial charge is 0.330 e. The molecule has 0 saturated heterocycles. The zero-order valence-corrected chi connectivity index (χ0v) is 9.05. The number of unbranched alkanes of at least 4 members (excludes halogenated alkanes) is 1. The van der Waals surface area contributed by atoms with Gasteiger partial charge < -0.3 is 10.2 Å². The summed E-state index contributed by atoms with van der Waals surface area (Å²) >= 11 is 0. The van der Waals surface area contributed by atoms with Crippen molar-refractivity contribution in [1.29, 1.82) is 0 Å². The highest BCUT2D eigenvalue weighted by Gasteiger charge is 2.21. The van der Waals surface area contributed by atoms with Gasteiger partial charge in [-0.15, -0.1) is 0 Å². The van der Waals surface area contributed by atoms with Crippen LogP contribution < -0.4 is 0 Å². The molecule has 0 aliphatic rings. The number of aliphatic hydroxyl groups is 1. The molecule has 0 aromatic rings. The molecular weight excluding hydrogens is 180 g/mol. The Morgan fingerprint density at radius 2 is 1.93 bits per heavy atom. The molecule has 14 heavy (non-hydrogen) atoms. The Hall–Kier alpha value is -0.830. The molecule has 0 unspecified atom stereocenters. The summed E-state index contributed by atoms with van der Waals surface area (Å²) in [5, 5.41) is 17.3. The lowest BCUT2D eigenvalue weighted by Gasteiger charge is -2.24. The molecule has 0 atom stereocenters. The molecular formula is C11H20O3. The maximum atomic E-state index is 10.6. The normalized spacial score (nSPS) is 11.4. The number of carbonyl (C=O) groups is 1. The second-order valence-corrected chi connectivity index (χ2v) is 4.43. The van der Waals surface area contributed by atoms with Gasteiger partial charge in [0, 0.05) is 12.2 Å². The molecule has 0 heterocycles. The first-order valence-corrected chi connectivity index (χ1v) is 4.91. The molecule has 0 aliphatic heterocycles. The molecule has 0 aromatic heterocycles. The van der Waals surface area contributed by atoms with Crippen molar-refractivity contribution in [3.05, 3.63) is 12.2 Å². The second-order valence-electron chi connectivity index (χ2n) is 4.43. The minimum Gasteiger partial charge on any atom is -0.478 e. The van der Waals surface area contributed by atoms with E-state index in [1.54, 1.807) is 0 Å². The number of carboxylic acids is 1. The van der Waals surface area contributed by atoms with Gasteiger partial charge >= 0.3 is 5.97 Å². The van der Waals surface area contributed by atoms with Crippen LogP contribution in [0.5, 0.6) is 0 Å². The maximum Gasteiger partial charge on any atom is 0.330 e. The summed E-state index contributed by atoms with van der Waals surface area (Å²) in [6.07, 6.45) is 3.13. The Balaban J connectivity index is 3.93. The summed E-state index contributed by atoms with van der Waals surface area (Å²) in [6, 6.07) is 0. The Morgan fingerprint density at radius 3 is 2.36 bits per heavy atom. The van der Waals surface area contributed by atoms with Crippen molar-refractivity contribution in [2.75, 3.05) is 6.61 Å². The Morgan fingerprint density at radius 1 is 1.36 bits per heavy atom. The molecule has 3 nitrogen and oxygen atoms in total. The summed E-state index contributed by atoms with van der Waals surface area (Å²) in [6.45, 7) is 7.78. The number of carboxylic acid groups (broad SMARTS) is 1. The van der Waals surface area contributed by atoms with Crippen LogP contribution in [-0.2, 0) is 4.79 Å². The number of hydrogen-bond donors (Lipinski definition) is 2. The van der Waals surface area contributed by atoms with Crippen LogP contribution in [0.15, 0.2) is 12.2 Å². The molecule has 0 aliphatic carbocycles. The van der Waals surface area contributed by atoms with Crippen molar-refractivity contribution in [1.82, 2.24) is 0 Å². The van der Waals surface area contributed by atoms with E-state index in [1.807, 2.05) is 13.8 Å². The Bertz CT molecular complexity index is 207. The van der Waals surface area contributed by atoms with E-state index < -0.39 is 5.97 Å². The first-order valence-electron chi connectivity index (χ1n) is 4.91. The highest BCUT2D eigenvalue weighted by molar-refractivity contribution is 5.85. The van der Waals surface area contributed by atoms with Crippen molar-refractivity contribution in [2.45, 2.75) is 39.5 Å².